The number of hydrogen-bond donors (Lipinski definition) is 0. The third-order valence-electron chi connectivity index (χ3n) is 5.60. The van der Waals surface area contributed by atoms with E-state index in [0.29, 0.717) is 22.4 Å². The van der Waals surface area contributed by atoms with Gasteiger partial charge < -0.3 is 4.74 Å². The molecule has 140 valence electrons. The molecule has 0 atom stereocenters. The van der Waals surface area contributed by atoms with Gasteiger partial charge in [-0.05, 0) is 48.4 Å². The molecule has 0 radical (unpaired) electrons. The van der Waals surface area contributed by atoms with Crippen molar-refractivity contribution in [3.05, 3.63) is 83.2 Å². The lowest BCUT2D eigenvalue weighted by atomic mass is 9.92. The number of ether oxygens (including phenoxy) is 1. The zero-order chi connectivity index (χ0) is 19.6. The molecule has 28 heavy (non-hydrogen) atoms. The van der Waals surface area contributed by atoms with Crippen LogP contribution in [0.4, 0.5) is 4.39 Å². The predicted octanol–water partition coefficient (Wildman–Crippen LogP) is 5.78. The van der Waals surface area contributed by atoms with E-state index in [0.717, 1.165) is 11.3 Å². The first kappa shape index (κ1) is 18.2. The molecule has 1 aliphatic carbocycles. The second-order valence-corrected chi connectivity index (χ2v) is 7.28. The van der Waals surface area contributed by atoms with E-state index in [9.17, 15) is 4.39 Å². The Morgan fingerprint density at radius 3 is 2.54 bits per heavy atom. The molecule has 1 fully saturated rings. The van der Waals surface area contributed by atoms with Gasteiger partial charge in [0, 0.05) is 17.2 Å². The van der Waals surface area contributed by atoms with Crippen LogP contribution in [-0.2, 0) is 12.0 Å². The van der Waals surface area contributed by atoms with E-state index in [2.05, 4.69) is 36.2 Å². The van der Waals surface area contributed by atoms with E-state index in [4.69, 9.17) is 10.00 Å². The molecule has 1 aliphatic rings. The summed E-state index contributed by atoms with van der Waals surface area (Å²) in [4.78, 5) is 4.55. The maximum absolute atomic E-state index is 14.0. The Labute approximate surface area is 164 Å². The zero-order valence-electron chi connectivity index (χ0n) is 15.8. The second kappa shape index (κ2) is 7.44. The van der Waals surface area contributed by atoms with Gasteiger partial charge in [0.25, 0.3) is 0 Å². The van der Waals surface area contributed by atoms with Crippen molar-refractivity contribution in [2.45, 2.75) is 38.2 Å². The van der Waals surface area contributed by atoms with Crippen molar-refractivity contribution >= 4 is 0 Å². The van der Waals surface area contributed by atoms with Crippen molar-refractivity contribution in [3.63, 3.8) is 0 Å². The Balaban J connectivity index is 1.48. The standard InChI is InChI=1S/C24H21FN2O/c1-2-24(12-13-24)20-10-8-18(9-11-20)22-4-3-5-23(27-22)28-16-19-7-6-17(15-26)14-21(19)25/h3-11,14H,2,12-13,16H2,1H3. The van der Waals surface area contributed by atoms with Crippen molar-refractivity contribution in [1.29, 1.82) is 5.26 Å². The molecule has 4 rings (SSSR count). The van der Waals surface area contributed by atoms with E-state index in [1.54, 1.807) is 18.2 Å². The van der Waals surface area contributed by atoms with Gasteiger partial charge in [-0.3, -0.25) is 0 Å². The third kappa shape index (κ3) is 3.61. The van der Waals surface area contributed by atoms with Crippen molar-refractivity contribution in [2.24, 2.45) is 0 Å². The fraction of sp³-hybridized carbons (Fsp3) is 0.250. The average molecular weight is 372 g/mol. The molecule has 0 spiro atoms. The largest absolute Gasteiger partial charge is 0.473 e. The van der Waals surface area contributed by atoms with Gasteiger partial charge >= 0.3 is 0 Å². The number of nitrogens with zero attached hydrogens (tertiary/aromatic N) is 2. The summed E-state index contributed by atoms with van der Waals surface area (Å²) in [5, 5.41) is 8.82. The summed E-state index contributed by atoms with van der Waals surface area (Å²) in [6, 6.07) is 20.5. The van der Waals surface area contributed by atoms with Crippen LogP contribution in [-0.4, -0.2) is 4.98 Å². The summed E-state index contributed by atoms with van der Waals surface area (Å²) < 4.78 is 19.7. The number of hydrogen-bond acceptors (Lipinski definition) is 3. The highest BCUT2D eigenvalue weighted by Crippen LogP contribution is 2.50. The van der Waals surface area contributed by atoms with Gasteiger partial charge in [-0.15, -0.1) is 0 Å². The lowest BCUT2D eigenvalue weighted by Crippen LogP contribution is -2.03. The maximum atomic E-state index is 14.0. The van der Waals surface area contributed by atoms with Crippen LogP contribution in [0.2, 0.25) is 0 Å². The first-order valence-corrected chi connectivity index (χ1v) is 9.53. The van der Waals surface area contributed by atoms with Crippen molar-refractivity contribution in [3.8, 4) is 23.2 Å². The lowest BCUT2D eigenvalue weighted by Gasteiger charge is -2.13. The number of benzene rings is 2. The molecule has 0 amide bonds. The van der Waals surface area contributed by atoms with Gasteiger partial charge in [-0.1, -0.05) is 43.3 Å². The van der Waals surface area contributed by atoms with E-state index < -0.39 is 5.82 Å². The highest BCUT2D eigenvalue weighted by atomic mass is 19.1. The maximum Gasteiger partial charge on any atom is 0.214 e. The van der Waals surface area contributed by atoms with Gasteiger partial charge in [0.1, 0.15) is 12.4 Å². The quantitative estimate of drug-likeness (QED) is 0.551. The molecule has 1 saturated carbocycles. The monoisotopic (exact) mass is 372 g/mol. The molecule has 0 unspecified atom stereocenters. The molecule has 1 heterocycles. The van der Waals surface area contributed by atoms with Gasteiger partial charge in [0.05, 0.1) is 17.3 Å². The smallest absolute Gasteiger partial charge is 0.214 e. The summed E-state index contributed by atoms with van der Waals surface area (Å²) in [6.07, 6.45) is 3.73. The van der Waals surface area contributed by atoms with Crippen LogP contribution in [0.1, 0.15) is 42.9 Å². The SMILES string of the molecule is CCC1(c2ccc(-c3cccc(OCc4ccc(C#N)cc4F)n3)cc2)CC1. The summed E-state index contributed by atoms with van der Waals surface area (Å²) in [6.45, 7) is 2.31. The van der Waals surface area contributed by atoms with E-state index >= 15 is 0 Å². The molecular weight excluding hydrogens is 351 g/mol. The van der Waals surface area contributed by atoms with Crippen LogP contribution in [0, 0.1) is 17.1 Å². The van der Waals surface area contributed by atoms with Crippen molar-refractivity contribution in [1.82, 2.24) is 4.98 Å². The summed E-state index contributed by atoms with van der Waals surface area (Å²) in [5.74, 6) is -0.00622. The number of pyridine rings is 1. The van der Waals surface area contributed by atoms with E-state index in [-0.39, 0.29) is 6.61 Å². The summed E-state index contributed by atoms with van der Waals surface area (Å²) in [5.41, 5.74) is 4.34. The molecule has 0 aliphatic heterocycles. The highest BCUT2D eigenvalue weighted by Gasteiger charge is 2.41. The predicted molar refractivity (Wildman–Crippen MR) is 106 cm³/mol. The molecule has 2 aromatic carbocycles. The number of rotatable bonds is 6. The van der Waals surface area contributed by atoms with Gasteiger partial charge in [-0.25, -0.2) is 9.37 Å². The minimum atomic E-state index is -0.448. The molecule has 0 N–H and O–H groups in total. The van der Waals surface area contributed by atoms with Gasteiger partial charge in [0.2, 0.25) is 5.88 Å². The fourth-order valence-electron chi connectivity index (χ4n) is 3.53. The Morgan fingerprint density at radius 1 is 1.11 bits per heavy atom. The molecular formula is C24H21FN2O. The number of aromatic nitrogens is 1. The average Bonchev–Trinajstić information content (AvgIpc) is 3.54. The van der Waals surface area contributed by atoms with Crippen molar-refractivity contribution < 1.29 is 9.13 Å². The number of halogens is 1. The molecule has 3 nitrogen and oxygen atoms in total. The zero-order valence-corrected chi connectivity index (χ0v) is 15.8. The Hall–Kier alpha value is -3.19. The third-order valence-corrected chi connectivity index (χ3v) is 5.60. The minimum absolute atomic E-state index is 0.0615. The van der Waals surface area contributed by atoms with E-state index in [1.807, 2.05) is 18.2 Å². The molecule has 0 saturated heterocycles. The molecule has 3 aromatic rings. The summed E-state index contributed by atoms with van der Waals surface area (Å²) >= 11 is 0. The lowest BCUT2D eigenvalue weighted by molar-refractivity contribution is 0.288. The topological polar surface area (TPSA) is 45.9 Å². The normalized spacial score (nSPS) is 14.3. The van der Waals surface area contributed by atoms with Crippen LogP contribution in [0.15, 0.2) is 60.7 Å². The fourth-order valence-corrected chi connectivity index (χ4v) is 3.53. The Morgan fingerprint density at radius 2 is 1.89 bits per heavy atom. The van der Waals surface area contributed by atoms with E-state index in [1.165, 1.54) is 30.9 Å². The van der Waals surface area contributed by atoms with Crippen LogP contribution in [0.25, 0.3) is 11.3 Å². The first-order valence-electron chi connectivity index (χ1n) is 9.53. The van der Waals surface area contributed by atoms with Crippen molar-refractivity contribution in [2.75, 3.05) is 0 Å². The Kier molecular flexibility index (Phi) is 4.83. The van der Waals surface area contributed by atoms with Crippen LogP contribution in [0.5, 0.6) is 5.88 Å². The summed E-state index contributed by atoms with van der Waals surface area (Å²) in [7, 11) is 0. The van der Waals surface area contributed by atoms with Crippen LogP contribution in [0.3, 0.4) is 0 Å². The van der Waals surface area contributed by atoms with Gasteiger partial charge in [-0.2, -0.15) is 5.26 Å². The first-order chi connectivity index (χ1) is 13.6. The van der Waals surface area contributed by atoms with Gasteiger partial charge in [0.15, 0.2) is 0 Å². The molecule has 4 heteroatoms. The Bertz CT molecular complexity index is 1030. The van der Waals surface area contributed by atoms with Crippen LogP contribution < -0.4 is 4.74 Å². The second-order valence-electron chi connectivity index (χ2n) is 7.28. The minimum Gasteiger partial charge on any atom is -0.473 e. The molecule has 1 aromatic heterocycles. The number of nitriles is 1. The van der Waals surface area contributed by atoms with Crippen LogP contribution >= 0.6 is 0 Å². The molecule has 0 bridgehead atoms. The highest BCUT2D eigenvalue weighted by molar-refractivity contribution is 5.60.